The van der Waals surface area contributed by atoms with Gasteiger partial charge in [0.05, 0.1) is 29.0 Å². The minimum absolute atomic E-state index is 0.163. The lowest BCUT2D eigenvalue weighted by atomic mass is 9.86. The summed E-state index contributed by atoms with van der Waals surface area (Å²) in [4.78, 5) is 23.4. The average molecular weight is 449 g/mol. The van der Waals surface area contributed by atoms with Crippen molar-refractivity contribution in [2.45, 2.75) is 26.3 Å². The first-order valence-electron chi connectivity index (χ1n) is 11.1. The van der Waals surface area contributed by atoms with Crippen LogP contribution in [0.5, 0.6) is 11.8 Å². The first-order valence-corrected chi connectivity index (χ1v) is 11.1. The van der Waals surface area contributed by atoms with E-state index in [0.717, 1.165) is 48.2 Å². The summed E-state index contributed by atoms with van der Waals surface area (Å²) in [5.74, 6) is 1.53. The van der Waals surface area contributed by atoms with E-state index in [0.29, 0.717) is 29.0 Å². The Kier molecular flexibility index (Phi) is 4.41. The highest BCUT2D eigenvalue weighted by Crippen LogP contribution is 2.43. The molecule has 0 spiro atoms. The van der Waals surface area contributed by atoms with Gasteiger partial charge in [-0.2, -0.15) is 9.97 Å². The fraction of sp³-hybridized carbons (Fsp3) is 0.391. The number of ether oxygens (including phenoxy) is 1. The average Bonchev–Trinajstić information content (AvgIpc) is 3.43. The van der Waals surface area contributed by atoms with Crippen LogP contribution in [0.2, 0.25) is 0 Å². The molecule has 2 aliphatic rings. The molecule has 2 unspecified atom stereocenters. The molecule has 170 valence electrons. The zero-order valence-electron chi connectivity index (χ0n) is 18.7. The predicted molar refractivity (Wildman–Crippen MR) is 124 cm³/mol. The number of nitrogens with zero attached hydrogens (tertiary/aromatic N) is 5. The van der Waals surface area contributed by atoms with E-state index in [-0.39, 0.29) is 17.2 Å². The molecule has 33 heavy (non-hydrogen) atoms. The van der Waals surface area contributed by atoms with Gasteiger partial charge in [-0.1, -0.05) is 6.92 Å². The number of benzene rings is 1. The number of aryl methyl sites for hydroxylation is 1. The Balaban J connectivity index is 1.53. The molecule has 0 aliphatic carbocycles. The van der Waals surface area contributed by atoms with E-state index in [9.17, 15) is 4.39 Å². The first kappa shape index (κ1) is 20.1. The number of aromatic amines is 1. The van der Waals surface area contributed by atoms with Gasteiger partial charge in [0, 0.05) is 37.0 Å². The molecule has 0 bridgehead atoms. The highest BCUT2D eigenvalue weighted by atomic mass is 19.1. The Morgan fingerprint density at radius 3 is 2.82 bits per heavy atom. The summed E-state index contributed by atoms with van der Waals surface area (Å²) < 4.78 is 20.4. The Morgan fingerprint density at radius 1 is 1.24 bits per heavy atom. The molecule has 0 radical (unpaired) electrons. The Morgan fingerprint density at radius 2 is 2.06 bits per heavy atom. The number of H-pyrrole nitrogens is 1. The van der Waals surface area contributed by atoms with Crippen molar-refractivity contribution < 1.29 is 9.13 Å². The van der Waals surface area contributed by atoms with Gasteiger partial charge in [0.1, 0.15) is 23.1 Å². The summed E-state index contributed by atoms with van der Waals surface area (Å²) >= 11 is 0. The van der Waals surface area contributed by atoms with Gasteiger partial charge in [-0.15, -0.1) is 0 Å². The van der Waals surface area contributed by atoms with Crippen LogP contribution >= 0.6 is 0 Å². The normalized spacial score (nSPS) is 22.3. The van der Waals surface area contributed by atoms with Crippen LogP contribution in [0.1, 0.15) is 19.2 Å². The van der Waals surface area contributed by atoms with Crippen LogP contribution in [0, 0.1) is 18.2 Å². The van der Waals surface area contributed by atoms with Gasteiger partial charge in [0.25, 0.3) is 0 Å². The first-order chi connectivity index (χ1) is 15.9. The number of hydrogen-bond acceptors (Lipinski definition) is 8. The molecule has 3 aromatic heterocycles. The van der Waals surface area contributed by atoms with Crippen molar-refractivity contribution in [3.63, 3.8) is 0 Å². The van der Waals surface area contributed by atoms with Gasteiger partial charge < -0.3 is 25.3 Å². The maximum Gasteiger partial charge on any atom is 0.326 e. The molecule has 2 atom stereocenters. The fourth-order valence-corrected chi connectivity index (χ4v) is 5.14. The molecule has 5 heterocycles. The van der Waals surface area contributed by atoms with Crippen LogP contribution in [-0.2, 0) is 0 Å². The number of anilines is 2. The molecule has 10 heteroatoms. The smallest absolute Gasteiger partial charge is 0.326 e. The Bertz CT molecular complexity index is 1370. The number of hydrogen-bond donors (Lipinski definition) is 3. The summed E-state index contributed by atoms with van der Waals surface area (Å²) in [5, 5.41) is 8.21. The minimum Gasteiger partial charge on any atom is -0.421 e. The summed E-state index contributed by atoms with van der Waals surface area (Å²) in [6.45, 7) is 6.82. The number of nitrogens with one attached hydrogen (secondary N) is 3. The molecule has 6 rings (SSSR count). The lowest BCUT2D eigenvalue weighted by Crippen LogP contribution is -2.33. The molecule has 2 saturated heterocycles. The number of halogens is 1. The van der Waals surface area contributed by atoms with Crippen molar-refractivity contribution in [1.29, 1.82) is 0 Å². The van der Waals surface area contributed by atoms with Crippen molar-refractivity contribution in [3.8, 4) is 11.8 Å². The van der Waals surface area contributed by atoms with E-state index >= 15 is 0 Å². The number of rotatable bonds is 4. The van der Waals surface area contributed by atoms with Gasteiger partial charge in [0.15, 0.2) is 5.75 Å². The second-order valence-corrected chi connectivity index (χ2v) is 9.16. The van der Waals surface area contributed by atoms with E-state index in [4.69, 9.17) is 9.72 Å². The van der Waals surface area contributed by atoms with E-state index < -0.39 is 0 Å². The van der Waals surface area contributed by atoms with Gasteiger partial charge >= 0.3 is 6.01 Å². The summed E-state index contributed by atoms with van der Waals surface area (Å²) in [5.41, 5.74) is 2.20. The Hall–Kier alpha value is -3.53. The van der Waals surface area contributed by atoms with Crippen LogP contribution in [0.25, 0.3) is 21.9 Å². The predicted octanol–water partition coefficient (Wildman–Crippen LogP) is 3.37. The molecule has 3 N–H and O–H groups in total. The topological polar surface area (TPSA) is 104 Å². The lowest BCUT2D eigenvalue weighted by molar-refractivity contribution is 0.356. The van der Waals surface area contributed by atoms with Crippen LogP contribution in [0.4, 0.5) is 15.9 Å². The van der Waals surface area contributed by atoms with Gasteiger partial charge in [0.2, 0.25) is 0 Å². The lowest BCUT2D eigenvalue weighted by Gasteiger charge is -2.23. The van der Waals surface area contributed by atoms with Crippen LogP contribution in [0.15, 0.2) is 24.5 Å². The largest absolute Gasteiger partial charge is 0.421 e. The molecule has 0 saturated carbocycles. The van der Waals surface area contributed by atoms with Crippen LogP contribution < -0.4 is 20.3 Å². The van der Waals surface area contributed by atoms with Gasteiger partial charge in [-0.05, 0) is 32.0 Å². The molecule has 9 nitrogen and oxygen atoms in total. The van der Waals surface area contributed by atoms with Crippen LogP contribution in [-0.4, -0.2) is 57.6 Å². The summed E-state index contributed by atoms with van der Waals surface area (Å²) in [7, 11) is 1.77. The Labute approximate surface area is 189 Å². The third-order valence-electron chi connectivity index (χ3n) is 6.90. The van der Waals surface area contributed by atoms with Crippen molar-refractivity contribution in [3.05, 3.63) is 36.2 Å². The maximum atomic E-state index is 14.5. The zero-order chi connectivity index (χ0) is 22.7. The van der Waals surface area contributed by atoms with Gasteiger partial charge in [-0.25, -0.2) is 14.4 Å². The van der Waals surface area contributed by atoms with Gasteiger partial charge in [-0.3, -0.25) is 0 Å². The van der Waals surface area contributed by atoms with E-state index in [2.05, 4.69) is 42.4 Å². The SMILES string of the molecule is CNc1cc(F)cc2c1[nH]c1nc(Oc3cnc(C)nc3)nc(N3CC4NCCC4(C)C3)c12. The van der Waals surface area contributed by atoms with Crippen molar-refractivity contribution in [2.75, 3.05) is 36.9 Å². The third kappa shape index (κ3) is 3.24. The highest BCUT2D eigenvalue weighted by molar-refractivity contribution is 6.14. The fourth-order valence-electron chi connectivity index (χ4n) is 5.14. The minimum atomic E-state index is -0.317. The molecule has 1 aromatic carbocycles. The molecular formula is C23H25FN8O. The molecular weight excluding hydrogens is 423 g/mol. The molecule has 2 aliphatic heterocycles. The molecule has 4 aromatic rings. The quantitative estimate of drug-likeness (QED) is 0.437. The van der Waals surface area contributed by atoms with Crippen molar-refractivity contribution >= 4 is 33.4 Å². The zero-order valence-corrected chi connectivity index (χ0v) is 18.7. The summed E-state index contributed by atoms with van der Waals surface area (Å²) in [6, 6.07) is 3.58. The molecule has 0 amide bonds. The molecule has 2 fully saturated rings. The second kappa shape index (κ2) is 7.24. The standard InChI is InChI=1S/C23H25FN8O/c1-12-27-8-14(9-28-12)33-22-30-20-18(15-6-13(24)7-16(25-3)19(15)29-20)21(31-22)32-10-17-23(2,11-32)4-5-26-17/h6-9,17,25-26H,4-5,10-11H2,1-3H3,(H,29,30,31). The van der Waals surface area contributed by atoms with E-state index in [1.54, 1.807) is 19.4 Å². The number of aromatic nitrogens is 5. The maximum absolute atomic E-state index is 14.5. The van der Waals surface area contributed by atoms with E-state index in [1.165, 1.54) is 12.1 Å². The number of fused-ring (bicyclic) bond motifs is 4. The van der Waals surface area contributed by atoms with Crippen LogP contribution in [0.3, 0.4) is 0 Å². The van der Waals surface area contributed by atoms with Crippen molar-refractivity contribution in [2.24, 2.45) is 5.41 Å². The third-order valence-corrected chi connectivity index (χ3v) is 6.90. The monoisotopic (exact) mass is 448 g/mol. The van der Waals surface area contributed by atoms with E-state index in [1.807, 2.05) is 6.92 Å². The highest BCUT2D eigenvalue weighted by Gasteiger charge is 2.47. The van der Waals surface area contributed by atoms with Crippen molar-refractivity contribution in [1.82, 2.24) is 30.2 Å². The summed E-state index contributed by atoms with van der Waals surface area (Å²) in [6.07, 6.45) is 4.31. The second-order valence-electron chi connectivity index (χ2n) is 9.16.